The van der Waals surface area contributed by atoms with Crippen LogP contribution in [0.3, 0.4) is 0 Å². The largest absolute Gasteiger partial charge is 0.465 e. The molecule has 4 saturated heterocycles. The minimum absolute atomic E-state index is 0.113. The van der Waals surface area contributed by atoms with E-state index in [2.05, 4.69) is 38.2 Å². The van der Waals surface area contributed by atoms with Crippen LogP contribution in [0.4, 0.5) is 9.59 Å². The van der Waals surface area contributed by atoms with Crippen molar-refractivity contribution in [1.29, 1.82) is 0 Å². The van der Waals surface area contributed by atoms with E-state index in [1.165, 1.54) is 9.13 Å². The van der Waals surface area contributed by atoms with Crippen molar-refractivity contribution < 1.29 is 29.4 Å². The zero-order chi connectivity index (χ0) is 44.4. The quantitative estimate of drug-likeness (QED) is 0.219. The van der Waals surface area contributed by atoms with Crippen molar-refractivity contribution in [3.63, 3.8) is 0 Å². The number of likely N-dealkylation sites (tertiary alicyclic amines) is 2. The van der Waals surface area contributed by atoms with Crippen LogP contribution in [0.5, 0.6) is 0 Å². The van der Waals surface area contributed by atoms with Gasteiger partial charge in [-0.3, -0.25) is 33.8 Å². The highest BCUT2D eigenvalue weighted by atomic mass is 16.4. The number of piperidine rings is 4. The Hall–Kier alpha value is -4.87. The van der Waals surface area contributed by atoms with Crippen molar-refractivity contribution in [2.45, 2.75) is 128 Å². The number of carbonyl (C=O) groups is 4. The fourth-order valence-electron chi connectivity index (χ4n) is 8.64. The Morgan fingerprint density at radius 2 is 1.37 bits per heavy atom. The summed E-state index contributed by atoms with van der Waals surface area (Å²) in [5.74, 6) is 8.31. The van der Waals surface area contributed by atoms with Gasteiger partial charge in [-0.05, 0) is 112 Å². The van der Waals surface area contributed by atoms with Crippen LogP contribution in [0.15, 0.2) is 23.0 Å². The van der Waals surface area contributed by atoms with E-state index in [9.17, 15) is 29.1 Å². The maximum absolute atomic E-state index is 12.9. The SMILES string of the molecule is C#CCN1CCC(N(C(=O)O)C(C)(C)C)CC1.CC(C)(C)N(C(=O)O)C1CCNCC1.Cn1c(=O)n(C2CCC(=O)NC2=O)c2cccc(C#CCN3CCC(N)CC3)c21. The molecular formula is C44H67N9O7. The second-order valence-corrected chi connectivity index (χ2v) is 18.1. The smallest absolute Gasteiger partial charge is 0.407 e. The van der Waals surface area contributed by atoms with Gasteiger partial charge in [-0.15, -0.1) is 6.42 Å². The van der Waals surface area contributed by atoms with Gasteiger partial charge in [0.15, 0.2) is 0 Å². The van der Waals surface area contributed by atoms with Gasteiger partial charge in [-0.2, -0.15) is 0 Å². The first-order valence-corrected chi connectivity index (χ1v) is 21.2. The molecule has 6 N–H and O–H groups in total. The third-order valence-corrected chi connectivity index (χ3v) is 11.6. The number of benzene rings is 1. The van der Waals surface area contributed by atoms with Gasteiger partial charge in [-0.1, -0.05) is 23.8 Å². The third kappa shape index (κ3) is 12.6. The molecule has 1 aromatic carbocycles. The molecule has 5 heterocycles. The third-order valence-electron chi connectivity index (χ3n) is 11.6. The fraction of sp³-hybridized carbons (Fsp3) is 0.659. The molecular weight excluding hydrogens is 767 g/mol. The number of terminal acetylenes is 1. The van der Waals surface area contributed by atoms with Crippen molar-refractivity contribution in [3.05, 3.63) is 34.2 Å². The van der Waals surface area contributed by atoms with Crippen molar-refractivity contribution in [3.8, 4) is 24.2 Å². The summed E-state index contributed by atoms with van der Waals surface area (Å²) in [5.41, 5.74) is 7.13. The minimum atomic E-state index is -0.826. The lowest BCUT2D eigenvalue weighted by Crippen LogP contribution is -2.54. The molecule has 0 aliphatic carbocycles. The van der Waals surface area contributed by atoms with Gasteiger partial charge in [-0.25, -0.2) is 14.4 Å². The number of fused-ring (bicyclic) bond motifs is 1. The highest BCUT2D eigenvalue weighted by Gasteiger charge is 2.36. The molecule has 2 aromatic rings. The van der Waals surface area contributed by atoms with Gasteiger partial charge >= 0.3 is 17.9 Å². The molecule has 16 nitrogen and oxygen atoms in total. The number of aryl methyl sites for hydroxylation is 1. The van der Waals surface area contributed by atoms with Crippen molar-refractivity contribution in [2.75, 3.05) is 52.4 Å². The van der Waals surface area contributed by atoms with Gasteiger partial charge in [0, 0.05) is 68.9 Å². The molecule has 60 heavy (non-hydrogen) atoms. The second kappa shape index (κ2) is 21.1. The monoisotopic (exact) mass is 834 g/mol. The van der Waals surface area contributed by atoms with Gasteiger partial charge in [0.05, 0.1) is 29.7 Å². The molecule has 16 heteroatoms. The predicted molar refractivity (Wildman–Crippen MR) is 233 cm³/mol. The number of imidazole rings is 1. The predicted octanol–water partition coefficient (Wildman–Crippen LogP) is 3.47. The van der Waals surface area contributed by atoms with E-state index in [0.717, 1.165) is 83.4 Å². The van der Waals surface area contributed by atoms with Crippen molar-refractivity contribution in [1.82, 2.24) is 39.4 Å². The van der Waals surface area contributed by atoms with E-state index in [0.29, 0.717) is 30.5 Å². The van der Waals surface area contributed by atoms with Gasteiger partial charge in [0.25, 0.3) is 0 Å². The van der Waals surface area contributed by atoms with Crippen molar-refractivity contribution in [2.24, 2.45) is 12.8 Å². The standard InChI is InChI=1S/C21H25N5O3.C13H22N2O2.C10H20N2O2/c1-24-19-14(5-3-11-25-12-9-15(22)10-13-25)4-2-6-16(19)26(21(24)29)17-7-8-18(27)23-20(17)28;1-5-8-14-9-6-11(7-10-14)15(12(16)17)13(2,3)4;1-10(2,3)12(9(13)14)8-4-6-11-7-5-8/h2,4,6,15,17H,7-13,22H2,1H3,(H,23,27,28);1,11H,6-10H2,2-4H3,(H,16,17);8,11H,4-7H2,1-3H3,(H,13,14). The zero-order valence-corrected chi connectivity index (χ0v) is 36.6. The number of nitrogens with zero attached hydrogens (tertiary/aromatic N) is 6. The number of hydrogen-bond acceptors (Lipinski definition) is 9. The van der Waals surface area contributed by atoms with E-state index in [-0.39, 0.29) is 47.2 Å². The Balaban J connectivity index is 0.000000218. The molecule has 0 radical (unpaired) electrons. The van der Waals surface area contributed by atoms with E-state index in [1.807, 2.05) is 59.7 Å². The van der Waals surface area contributed by atoms with Crippen molar-refractivity contribution >= 4 is 35.0 Å². The van der Waals surface area contributed by atoms with E-state index < -0.39 is 24.1 Å². The topological polar surface area (TPSA) is 199 Å². The summed E-state index contributed by atoms with van der Waals surface area (Å²) in [5, 5.41) is 24.0. The molecule has 1 unspecified atom stereocenters. The maximum atomic E-state index is 12.9. The number of amides is 4. The zero-order valence-electron chi connectivity index (χ0n) is 36.6. The van der Waals surface area contributed by atoms with Gasteiger partial charge in [0.2, 0.25) is 11.8 Å². The molecule has 4 aliphatic rings. The molecule has 0 saturated carbocycles. The fourth-order valence-corrected chi connectivity index (χ4v) is 8.64. The average Bonchev–Trinajstić information content (AvgIpc) is 3.42. The summed E-state index contributed by atoms with van der Waals surface area (Å²) in [6, 6.07) is 5.43. The van der Waals surface area contributed by atoms with Crippen LogP contribution in [-0.4, -0.2) is 145 Å². The molecule has 4 fully saturated rings. The summed E-state index contributed by atoms with van der Waals surface area (Å²) < 4.78 is 3.01. The molecule has 6 rings (SSSR count). The Morgan fingerprint density at radius 1 is 0.833 bits per heavy atom. The van der Waals surface area contributed by atoms with Gasteiger partial charge < -0.3 is 31.1 Å². The maximum Gasteiger partial charge on any atom is 0.407 e. The lowest BCUT2D eigenvalue weighted by Gasteiger charge is -2.43. The molecule has 1 atom stereocenters. The molecule has 0 spiro atoms. The Morgan fingerprint density at radius 3 is 1.88 bits per heavy atom. The summed E-state index contributed by atoms with van der Waals surface area (Å²) in [7, 11) is 1.68. The van der Waals surface area contributed by atoms with Crippen LogP contribution in [-0.2, 0) is 16.6 Å². The molecule has 4 amide bonds. The van der Waals surface area contributed by atoms with E-state index in [1.54, 1.807) is 16.8 Å². The summed E-state index contributed by atoms with van der Waals surface area (Å²) in [4.78, 5) is 66.8. The number of para-hydroxylation sites is 1. The summed E-state index contributed by atoms with van der Waals surface area (Å²) in [6.45, 7) is 18.5. The number of nitrogens with one attached hydrogen (secondary N) is 2. The number of nitrogens with two attached hydrogens (primary N) is 1. The first-order chi connectivity index (χ1) is 28.2. The lowest BCUT2D eigenvalue weighted by atomic mass is 9.97. The normalized spacial score (nSPS) is 20.0. The number of rotatable bonds is 5. The van der Waals surface area contributed by atoms with E-state index in [4.69, 9.17) is 17.3 Å². The van der Waals surface area contributed by atoms with E-state index >= 15 is 0 Å². The van der Waals surface area contributed by atoms with Crippen LogP contribution in [0.2, 0.25) is 0 Å². The number of carbonyl (C=O) groups excluding carboxylic acids is 2. The van der Waals surface area contributed by atoms with Crippen LogP contribution >= 0.6 is 0 Å². The van der Waals surface area contributed by atoms with Crippen LogP contribution in [0.1, 0.15) is 105 Å². The number of carboxylic acid groups (broad SMARTS) is 2. The minimum Gasteiger partial charge on any atom is -0.465 e. The highest BCUT2D eigenvalue weighted by Crippen LogP contribution is 2.26. The average molecular weight is 834 g/mol. The summed E-state index contributed by atoms with van der Waals surface area (Å²) >= 11 is 0. The second-order valence-electron chi connectivity index (χ2n) is 18.1. The molecule has 330 valence electrons. The first kappa shape index (κ1) is 47.8. The summed E-state index contributed by atoms with van der Waals surface area (Å²) in [6.07, 6.45) is 9.73. The molecule has 0 bridgehead atoms. The molecule has 4 aliphatic heterocycles. The van der Waals surface area contributed by atoms with Crippen LogP contribution < -0.4 is 22.1 Å². The van der Waals surface area contributed by atoms with Crippen LogP contribution in [0.25, 0.3) is 11.0 Å². The Bertz CT molecular complexity index is 1970. The van der Waals surface area contributed by atoms with Gasteiger partial charge in [0.1, 0.15) is 6.04 Å². The lowest BCUT2D eigenvalue weighted by molar-refractivity contribution is -0.135. The highest BCUT2D eigenvalue weighted by molar-refractivity contribution is 6.00. The first-order valence-electron chi connectivity index (χ1n) is 21.2. The Labute approximate surface area is 354 Å². The van der Waals surface area contributed by atoms with Crippen LogP contribution in [0, 0.1) is 24.2 Å². The number of imide groups is 1. The molecule has 1 aromatic heterocycles. The number of hydrogen-bond donors (Lipinski definition) is 5. The number of aromatic nitrogens is 2. The Kier molecular flexibility index (Phi) is 16.8.